The van der Waals surface area contributed by atoms with E-state index in [1.165, 1.54) is 0 Å². The van der Waals surface area contributed by atoms with E-state index in [1.807, 2.05) is 36.4 Å². The fraction of sp³-hybridized carbons (Fsp3) is 0.200. The van der Waals surface area contributed by atoms with Gasteiger partial charge in [-0.05, 0) is 58.7 Å². The van der Waals surface area contributed by atoms with Gasteiger partial charge in [-0.1, -0.05) is 23.7 Å². The zero-order chi connectivity index (χ0) is 13.8. The first-order valence-corrected chi connectivity index (χ1v) is 7.13. The highest BCUT2D eigenvalue weighted by molar-refractivity contribution is 9.10. The molecule has 0 saturated carbocycles. The molecule has 1 unspecified atom stereocenters. The zero-order valence-corrected chi connectivity index (χ0v) is 13.1. The molecule has 1 N–H and O–H groups in total. The monoisotopic (exact) mass is 339 g/mol. The van der Waals surface area contributed by atoms with Gasteiger partial charge in [0.2, 0.25) is 0 Å². The van der Waals surface area contributed by atoms with Crippen molar-refractivity contribution in [2.75, 3.05) is 12.4 Å². The molecule has 1 atom stereocenters. The maximum absolute atomic E-state index is 6.00. The number of methoxy groups -OCH3 is 1. The highest BCUT2D eigenvalue weighted by atomic mass is 79.9. The molecule has 4 heteroatoms. The maximum atomic E-state index is 6.00. The molecule has 0 aliphatic heterocycles. The van der Waals surface area contributed by atoms with Crippen LogP contribution in [-0.2, 0) is 0 Å². The van der Waals surface area contributed by atoms with Gasteiger partial charge < -0.3 is 10.1 Å². The summed E-state index contributed by atoms with van der Waals surface area (Å²) in [5.41, 5.74) is 2.18. The van der Waals surface area contributed by atoms with Crippen LogP contribution in [0.2, 0.25) is 5.02 Å². The maximum Gasteiger partial charge on any atom is 0.133 e. The van der Waals surface area contributed by atoms with Gasteiger partial charge in [0.25, 0.3) is 0 Å². The molecule has 0 bridgehead atoms. The van der Waals surface area contributed by atoms with Crippen molar-refractivity contribution in [2.24, 2.45) is 0 Å². The van der Waals surface area contributed by atoms with Gasteiger partial charge in [-0.2, -0.15) is 0 Å². The number of hydrogen-bond acceptors (Lipinski definition) is 2. The average Bonchev–Trinajstić information content (AvgIpc) is 2.39. The predicted octanol–water partition coefficient (Wildman–Crippen LogP) is 5.28. The van der Waals surface area contributed by atoms with Gasteiger partial charge >= 0.3 is 0 Å². The summed E-state index contributed by atoms with van der Waals surface area (Å²) >= 11 is 9.48. The third kappa shape index (κ3) is 3.64. The molecule has 0 aliphatic rings. The first kappa shape index (κ1) is 14.2. The lowest BCUT2D eigenvalue weighted by Gasteiger charge is -2.16. The molecule has 0 heterocycles. The predicted molar refractivity (Wildman–Crippen MR) is 84.2 cm³/mol. The number of nitrogens with one attached hydrogen (secondary N) is 1. The minimum atomic E-state index is 0.180. The summed E-state index contributed by atoms with van der Waals surface area (Å²) in [6.45, 7) is 2.10. The second-order valence-electron chi connectivity index (χ2n) is 4.27. The van der Waals surface area contributed by atoms with E-state index in [-0.39, 0.29) is 6.04 Å². The van der Waals surface area contributed by atoms with E-state index in [0.717, 1.165) is 26.5 Å². The summed E-state index contributed by atoms with van der Waals surface area (Å²) in [6.07, 6.45) is 0. The number of hydrogen-bond donors (Lipinski definition) is 1. The molecular weight excluding hydrogens is 326 g/mol. The van der Waals surface area contributed by atoms with E-state index in [9.17, 15) is 0 Å². The standard InChI is InChI=1S/C15H15BrClNO/c1-10(11-4-3-5-12(17)8-11)18-13-6-7-15(19-2)14(16)9-13/h3-10,18H,1-2H3. The minimum absolute atomic E-state index is 0.180. The Morgan fingerprint density at radius 2 is 2.00 bits per heavy atom. The van der Waals surface area contributed by atoms with Crippen LogP contribution in [0.15, 0.2) is 46.9 Å². The van der Waals surface area contributed by atoms with E-state index >= 15 is 0 Å². The number of halogens is 2. The SMILES string of the molecule is COc1ccc(NC(C)c2cccc(Cl)c2)cc1Br. The normalized spacial score (nSPS) is 12.0. The smallest absolute Gasteiger partial charge is 0.133 e. The van der Waals surface area contributed by atoms with Gasteiger partial charge in [-0.3, -0.25) is 0 Å². The van der Waals surface area contributed by atoms with E-state index in [0.29, 0.717) is 0 Å². The molecule has 100 valence electrons. The first-order valence-electron chi connectivity index (χ1n) is 5.95. The van der Waals surface area contributed by atoms with Crippen LogP contribution in [0.1, 0.15) is 18.5 Å². The highest BCUT2D eigenvalue weighted by Gasteiger charge is 2.07. The van der Waals surface area contributed by atoms with Crippen LogP contribution in [0.5, 0.6) is 5.75 Å². The van der Waals surface area contributed by atoms with E-state index in [4.69, 9.17) is 16.3 Å². The molecule has 2 nitrogen and oxygen atoms in total. The van der Waals surface area contributed by atoms with Crippen LogP contribution in [0.4, 0.5) is 5.69 Å². The summed E-state index contributed by atoms with van der Waals surface area (Å²) in [5, 5.41) is 4.19. The van der Waals surface area contributed by atoms with Crippen LogP contribution in [-0.4, -0.2) is 7.11 Å². The molecule has 19 heavy (non-hydrogen) atoms. The number of ether oxygens (including phenoxy) is 1. The van der Waals surface area contributed by atoms with Crippen molar-refractivity contribution in [2.45, 2.75) is 13.0 Å². The topological polar surface area (TPSA) is 21.3 Å². The van der Waals surface area contributed by atoms with Gasteiger partial charge in [0.1, 0.15) is 5.75 Å². The molecule has 0 amide bonds. The lowest BCUT2D eigenvalue weighted by atomic mass is 10.1. The van der Waals surface area contributed by atoms with E-state index < -0.39 is 0 Å². The Labute approximate surface area is 126 Å². The number of anilines is 1. The van der Waals surface area contributed by atoms with Crippen molar-refractivity contribution in [3.63, 3.8) is 0 Å². The first-order chi connectivity index (χ1) is 9.10. The second kappa shape index (κ2) is 6.31. The fourth-order valence-corrected chi connectivity index (χ4v) is 2.60. The fourth-order valence-electron chi connectivity index (χ4n) is 1.87. The average molecular weight is 341 g/mol. The molecule has 2 aromatic rings. The third-order valence-electron chi connectivity index (χ3n) is 2.88. The van der Waals surface area contributed by atoms with Crippen molar-refractivity contribution in [1.82, 2.24) is 0 Å². The summed E-state index contributed by atoms with van der Waals surface area (Å²) < 4.78 is 6.14. The summed E-state index contributed by atoms with van der Waals surface area (Å²) in [5.74, 6) is 0.820. The summed E-state index contributed by atoms with van der Waals surface area (Å²) in [6, 6.07) is 14.0. The molecule has 2 aromatic carbocycles. The zero-order valence-electron chi connectivity index (χ0n) is 10.8. The van der Waals surface area contributed by atoms with Crippen molar-refractivity contribution < 1.29 is 4.74 Å². The van der Waals surface area contributed by atoms with E-state index in [1.54, 1.807) is 7.11 Å². The summed E-state index contributed by atoms with van der Waals surface area (Å²) in [7, 11) is 1.65. The Bertz CT molecular complexity index is 574. The van der Waals surface area contributed by atoms with Crippen LogP contribution in [0.25, 0.3) is 0 Å². The molecule has 0 fully saturated rings. The summed E-state index contributed by atoms with van der Waals surface area (Å²) in [4.78, 5) is 0. The van der Waals surface area contributed by atoms with Gasteiger partial charge in [-0.15, -0.1) is 0 Å². The van der Waals surface area contributed by atoms with Crippen LogP contribution in [0, 0.1) is 0 Å². The molecular formula is C15H15BrClNO. The molecule has 0 aliphatic carbocycles. The lowest BCUT2D eigenvalue weighted by Crippen LogP contribution is -2.06. The largest absolute Gasteiger partial charge is 0.496 e. The lowest BCUT2D eigenvalue weighted by molar-refractivity contribution is 0.412. The minimum Gasteiger partial charge on any atom is -0.496 e. The van der Waals surface area contributed by atoms with Crippen LogP contribution >= 0.6 is 27.5 Å². The molecule has 2 rings (SSSR count). The molecule has 0 spiro atoms. The van der Waals surface area contributed by atoms with Gasteiger partial charge in [0.05, 0.1) is 11.6 Å². The Hall–Kier alpha value is -1.19. The van der Waals surface area contributed by atoms with Crippen molar-refractivity contribution >= 4 is 33.2 Å². The number of rotatable bonds is 4. The Balaban J connectivity index is 2.14. The van der Waals surface area contributed by atoms with Crippen molar-refractivity contribution in [3.8, 4) is 5.75 Å². The second-order valence-corrected chi connectivity index (χ2v) is 5.56. The molecule has 0 saturated heterocycles. The Morgan fingerprint density at radius 1 is 1.21 bits per heavy atom. The Morgan fingerprint density at radius 3 is 2.63 bits per heavy atom. The third-order valence-corrected chi connectivity index (χ3v) is 3.74. The van der Waals surface area contributed by atoms with Gasteiger partial charge in [0.15, 0.2) is 0 Å². The van der Waals surface area contributed by atoms with Crippen molar-refractivity contribution in [1.29, 1.82) is 0 Å². The van der Waals surface area contributed by atoms with Gasteiger partial charge in [0, 0.05) is 16.8 Å². The quantitative estimate of drug-likeness (QED) is 0.817. The van der Waals surface area contributed by atoms with Crippen molar-refractivity contribution in [3.05, 3.63) is 57.5 Å². The van der Waals surface area contributed by atoms with Crippen LogP contribution in [0.3, 0.4) is 0 Å². The highest BCUT2D eigenvalue weighted by Crippen LogP contribution is 2.29. The van der Waals surface area contributed by atoms with Crippen LogP contribution < -0.4 is 10.1 Å². The van der Waals surface area contributed by atoms with Gasteiger partial charge in [-0.25, -0.2) is 0 Å². The van der Waals surface area contributed by atoms with E-state index in [2.05, 4.69) is 34.2 Å². The molecule has 0 radical (unpaired) electrons. The number of benzene rings is 2. The molecule has 0 aromatic heterocycles. The Kier molecular flexibility index (Phi) is 4.72.